The molecule has 1 spiro atoms. The first-order valence-corrected chi connectivity index (χ1v) is 5.06. The standard InChI is InChI=1S/C9H12F3N3O2/c1-17-14-6-2-13-3-8(6)4-15(5-8)7(16)9(10,11)12/h13H,2-5H2,1H3. The van der Waals surface area contributed by atoms with Gasteiger partial charge in [-0.2, -0.15) is 13.2 Å². The Balaban J connectivity index is 2.02. The fourth-order valence-corrected chi connectivity index (χ4v) is 2.25. The fraction of sp³-hybridized carbons (Fsp3) is 0.778. The summed E-state index contributed by atoms with van der Waals surface area (Å²) in [5, 5.41) is 6.81. The van der Waals surface area contributed by atoms with E-state index in [-0.39, 0.29) is 13.1 Å². The molecule has 1 amide bonds. The van der Waals surface area contributed by atoms with Crippen molar-refractivity contribution in [3.63, 3.8) is 0 Å². The summed E-state index contributed by atoms with van der Waals surface area (Å²) in [6.45, 7) is 1.10. The van der Waals surface area contributed by atoms with Crippen LogP contribution in [0.2, 0.25) is 0 Å². The Morgan fingerprint density at radius 2 is 2.18 bits per heavy atom. The molecule has 2 fully saturated rings. The van der Waals surface area contributed by atoms with Gasteiger partial charge in [0.15, 0.2) is 0 Å². The molecule has 0 bridgehead atoms. The number of hydrogen-bond acceptors (Lipinski definition) is 4. The second kappa shape index (κ2) is 3.86. The highest BCUT2D eigenvalue weighted by atomic mass is 19.4. The molecule has 0 radical (unpaired) electrons. The molecule has 0 aromatic heterocycles. The van der Waals surface area contributed by atoms with Crippen LogP contribution in [-0.2, 0) is 9.63 Å². The number of oxime groups is 1. The van der Waals surface area contributed by atoms with Crippen molar-refractivity contribution in [1.29, 1.82) is 0 Å². The molecule has 0 atom stereocenters. The summed E-state index contributed by atoms with van der Waals surface area (Å²) in [7, 11) is 1.39. The van der Waals surface area contributed by atoms with Crippen molar-refractivity contribution in [2.75, 3.05) is 33.3 Å². The van der Waals surface area contributed by atoms with Crippen LogP contribution in [0.1, 0.15) is 0 Å². The Kier molecular flexibility index (Phi) is 2.76. The summed E-state index contributed by atoms with van der Waals surface area (Å²) >= 11 is 0. The van der Waals surface area contributed by atoms with E-state index in [4.69, 9.17) is 0 Å². The molecule has 0 aromatic carbocycles. The average Bonchev–Trinajstić information content (AvgIpc) is 2.57. The van der Waals surface area contributed by atoms with Gasteiger partial charge in [0.2, 0.25) is 0 Å². The van der Waals surface area contributed by atoms with E-state index in [1.807, 2.05) is 0 Å². The van der Waals surface area contributed by atoms with E-state index in [1.165, 1.54) is 7.11 Å². The van der Waals surface area contributed by atoms with Crippen LogP contribution in [0.4, 0.5) is 13.2 Å². The van der Waals surface area contributed by atoms with Gasteiger partial charge in [-0.15, -0.1) is 0 Å². The zero-order valence-electron chi connectivity index (χ0n) is 9.17. The lowest BCUT2D eigenvalue weighted by atomic mass is 9.77. The normalized spacial score (nSPS) is 25.2. The lowest BCUT2D eigenvalue weighted by Gasteiger charge is -2.47. The van der Waals surface area contributed by atoms with Crippen molar-refractivity contribution in [1.82, 2.24) is 10.2 Å². The minimum atomic E-state index is -4.80. The van der Waals surface area contributed by atoms with E-state index < -0.39 is 17.5 Å². The van der Waals surface area contributed by atoms with Crippen molar-refractivity contribution in [3.05, 3.63) is 0 Å². The summed E-state index contributed by atoms with van der Waals surface area (Å²) in [6, 6.07) is 0. The van der Waals surface area contributed by atoms with E-state index >= 15 is 0 Å². The molecule has 2 aliphatic rings. The Morgan fingerprint density at radius 3 is 2.71 bits per heavy atom. The van der Waals surface area contributed by atoms with Crippen LogP contribution in [0.3, 0.4) is 0 Å². The highest BCUT2D eigenvalue weighted by Crippen LogP contribution is 2.36. The lowest BCUT2D eigenvalue weighted by Crippen LogP contribution is -2.64. The predicted molar refractivity (Wildman–Crippen MR) is 52.4 cm³/mol. The molecule has 8 heteroatoms. The van der Waals surface area contributed by atoms with Crippen LogP contribution in [0.25, 0.3) is 0 Å². The predicted octanol–water partition coefficient (Wildman–Crippen LogP) is -0.0171. The molecule has 0 aliphatic carbocycles. The van der Waals surface area contributed by atoms with E-state index in [1.54, 1.807) is 0 Å². The maximum absolute atomic E-state index is 12.2. The van der Waals surface area contributed by atoms with Crippen molar-refractivity contribution in [2.24, 2.45) is 10.6 Å². The van der Waals surface area contributed by atoms with Gasteiger partial charge in [-0.05, 0) is 0 Å². The minimum Gasteiger partial charge on any atom is -0.399 e. The topological polar surface area (TPSA) is 53.9 Å². The molecule has 0 saturated carbocycles. The molecule has 1 N–H and O–H groups in total. The van der Waals surface area contributed by atoms with Crippen molar-refractivity contribution >= 4 is 11.6 Å². The van der Waals surface area contributed by atoms with E-state index in [2.05, 4.69) is 15.3 Å². The first kappa shape index (κ1) is 12.2. The molecule has 96 valence electrons. The number of nitrogens with one attached hydrogen (secondary N) is 1. The third-order valence-electron chi connectivity index (χ3n) is 3.09. The van der Waals surface area contributed by atoms with Crippen LogP contribution in [-0.4, -0.2) is 56.0 Å². The van der Waals surface area contributed by atoms with Crippen LogP contribution >= 0.6 is 0 Å². The molecular weight excluding hydrogens is 239 g/mol. The monoisotopic (exact) mass is 251 g/mol. The van der Waals surface area contributed by atoms with Crippen LogP contribution in [0.5, 0.6) is 0 Å². The molecule has 2 heterocycles. The Labute approximate surface area is 95.6 Å². The van der Waals surface area contributed by atoms with Gasteiger partial charge in [-0.1, -0.05) is 5.16 Å². The number of amides is 1. The maximum atomic E-state index is 12.2. The largest absolute Gasteiger partial charge is 0.471 e. The fourth-order valence-electron chi connectivity index (χ4n) is 2.25. The quantitative estimate of drug-likeness (QED) is 0.666. The Hall–Kier alpha value is -1.31. The van der Waals surface area contributed by atoms with Crippen LogP contribution < -0.4 is 5.32 Å². The van der Waals surface area contributed by atoms with Crippen molar-refractivity contribution in [3.8, 4) is 0 Å². The maximum Gasteiger partial charge on any atom is 0.471 e. The number of carbonyl (C=O) groups excluding carboxylic acids is 1. The number of rotatable bonds is 1. The summed E-state index contributed by atoms with van der Waals surface area (Å²) < 4.78 is 36.5. The number of alkyl halides is 3. The third-order valence-corrected chi connectivity index (χ3v) is 3.09. The van der Waals surface area contributed by atoms with E-state index in [0.717, 1.165) is 4.90 Å². The van der Waals surface area contributed by atoms with Gasteiger partial charge in [-0.3, -0.25) is 4.79 Å². The Bertz CT molecular complexity index is 361. The smallest absolute Gasteiger partial charge is 0.399 e. The third kappa shape index (κ3) is 1.97. The molecule has 5 nitrogen and oxygen atoms in total. The molecule has 0 unspecified atom stereocenters. The van der Waals surface area contributed by atoms with Gasteiger partial charge >= 0.3 is 12.1 Å². The highest BCUT2D eigenvalue weighted by Gasteiger charge is 2.56. The van der Waals surface area contributed by atoms with Gasteiger partial charge < -0.3 is 15.1 Å². The summed E-state index contributed by atoms with van der Waals surface area (Å²) in [5.41, 5.74) is 0.197. The molecule has 17 heavy (non-hydrogen) atoms. The summed E-state index contributed by atoms with van der Waals surface area (Å²) in [5.74, 6) is -1.79. The minimum absolute atomic E-state index is 0.0422. The number of nitrogens with zero attached hydrogens (tertiary/aromatic N) is 2. The summed E-state index contributed by atoms with van der Waals surface area (Å²) in [4.78, 5) is 16.4. The Morgan fingerprint density at radius 1 is 1.53 bits per heavy atom. The number of carbonyl (C=O) groups is 1. The SMILES string of the molecule is CON=C1CNCC12CN(C(=O)C(F)(F)F)C2. The first-order chi connectivity index (χ1) is 7.89. The van der Waals surface area contributed by atoms with Gasteiger partial charge in [0, 0.05) is 26.2 Å². The lowest BCUT2D eigenvalue weighted by molar-refractivity contribution is -0.193. The van der Waals surface area contributed by atoms with Crippen molar-refractivity contribution in [2.45, 2.75) is 6.18 Å². The summed E-state index contributed by atoms with van der Waals surface area (Å²) in [6.07, 6.45) is -4.80. The molecule has 2 saturated heterocycles. The van der Waals surface area contributed by atoms with Crippen LogP contribution in [0, 0.1) is 5.41 Å². The van der Waals surface area contributed by atoms with Crippen molar-refractivity contribution < 1.29 is 22.8 Å². The number of likely N-dealkylation sites (tertiary alicyclic amines) is 1. The van der Waals surface area contributed by atoms with Crippen LogP contribution in [0.15, 0.2) is 5.16 Å². The first-order valence-electron chi connectivity index (χ1n) is 5.06. The average molecular weight is 251 g/mol. The van der Waals surface area contributed by atoms with Gasteiger partial charge in [0.05, 0.1) is 11.1 Å². The highest BCUT2D eigenvalue weighted by molar-refractivity contribution is 5.97. The second-order valence-corrected chi connectivity index (χ2v) is 4.26. The number of halogens is 3. The number of hydrogen-bond donors (Lipinski definition) is 1. The van der Waals surface area contributed by atoms with Gasteiger partial charge in [0.1, 0.15) is 7.11 Å². The van der Waals surface area contributed by atoms with Gasteiger partial charge in [-0.25, -0.2) is 0 Å². The molecular formula is C9H12F3N3O2. The second-order valence-electron chi connectivity index (χ2n) is 4.26. The molecule has 2 rings (SSSR count). The molecule has 0 aromatic rings. The zero-order chi connectivity index (χ0) is 12.7. The van der Waals surface area contributed by atoms with Gasteiger partial charge in [0.25, 0.3) is 0 Å². The van der Waals surface area contributed by atoms with E-state index in [0.29, 0.717) is 18.8 Å². The molecule has 2 aliphatic heterocycles. The zero-order valence-corrected chi connectivity index (χ0v) is 9.17. The van der Waals surface area contributed by atoms with E-state index in [9.17, 15) is 18.0 Å².